The first-order valence-electron chi connectivity index (χ1n) is 7.54. The summed E-state index contributed by atoms with van der Waals surface area (Å²) in [5, 5.41) is 0. The van der Waals surface area contributed by atoms with Crippen LogP contribution in [0.1, 0.15) is 24.8 Å². The van der Waals surface area contributed by atoms with Crippen molar-refractivity contribution >= 4 is 17.7 Å². The van der Waals surface area contributed by atoms with Crippen LogP contribution >= 0.6 is 0 Å². The Morgan fingerprint density at radius 1 is 1.23 bits per heavy atom. The molecule has 1 atom stereocenters. The van der Waals surface area contributed by atoms with Gasteiger partial charge in [-0.1, -0.05) is 30.3 Å². The number of nitrogens with zero attached hydrogens (tertiary/aromatic N) is 1. The van der Waals surface area contributed by atoms with Gasteiger partial charge in [-0.25, -0.2) is 0 Å². The molecule has 1 fully saturated rings. The van der Waals surface area contributed by atoms with Crippen LogP contribution in [-0.4, -0.2) is 42.8 Å². The molecular weight excluding hydrogens is 282 g/mol. The lowest BCUT2D eigenvalue weighted by Gasteiger charge is -2.20. The summed E-state index contributed by atoms with van der Waals surface area (Å²) < 4.78 is 4.65. The van der Waals surface area contributed by atoms with E-state index in [4.69, 9.17) is 0 Å². The van der Waals surface area contributed by atoms with Crippen LogP contribution in [0.2, 0.25) is 0 Å². The topological polar surface area (TPSA) is 63.7 Å². The summed E-state index contributed by atoms with van der Waals surface area (Å²) in [5.41, 5.74) is 1.12. The molecule has 1 heterocycles. The number of ether oxygens (including phenoxy) is 1. The highest BCUT2D eigenvalue weighted by Gasteiger charge is 2.31. The molecule has 1 aliphatic heterocycles. The average Bonchev–Trinajstić information content (AvgIpc) is 2.75. The van der Waals surface area contributed by atoms with Gasteiger partial charge in [0.1, 0.15) is 11.7 Å². The predicted octanol–water partition coefficient (Wildman–Crippen LogP) is 1.60. The lowest BCUT2D eigenvalue weighted by molar-refractivity contribution is -0.149. The van der Waals surface area contributed by atoms with Gasteiger partial charge in [-0.2, -0.15) is 0 Å². The Morgan fingerprint density at radius 3 is 2.64 bits per heavy atom. The summed E-state index contributed by atoms with van der Waals surface area (Å²) in [6.07, 6.45) is 1.67. The Balaban J connectivity index is 1.88. The lowest BCUT2D eigenvalue weighted by Crippen LogP contribution is -2.32. The predicted molar refractivity (Wildman–Crippen MR) is 81.1 cm³/mol. The van der Waals surface area contributed by atoms with Gasteiger partial charge in [-0.15, -0.1) is 0 Å². The molecule has 1 unspecified atom stereocenters. The van der Waals surface area contributed by atoms with Gasteiger partial charge >= 0.3 is 5.97 Å². The SMILES string of the molecule is COC(=O)C1CCN(C(=O)CCc2ccccc2)CCC1=O. The molecule has 1 aromatic rings. The Kier molecular flexibility index (Phi) is 5.69. The highest BCUT2D eigenvalue weighted by atomic mass is 16.5. The molecule has 0 aliphatic carbocycles. The minimum Gasteiger partial charge on any atom is -0.468 e. The molecule has 0 aromatic heterocycles. The van der Waals surface area contributed by atoms with Crippen LogP contribution < -0.4 is 0 Å². The normalized spacial score (nSPS) is 18.7. The molecule has 2 rings (SSSR count). The maximum atomic E-state index is 12.3. The van der Waals surface area contributed by atoms with Gasteiger partial charge in [-0.3, -0.25) is 14.4 Å². The Morgan fingerprint density at radius 2 is 1.95 bits per heavy atom. The maximum absolute atomic E-state index is 12.3. The van der Waals surface area contributed by atoms with E-state index in [-0.39, 0.29) is 18.1 Å². The average molecular weight is 303 g/mol. The molecule has 5 heteroatoms. The van der Waals surface area contributed by atoms with Crippen molar-refractivity contribution in [2.45, 2.75) is 25.7 Å². The fraction of sp³-hybridized carbons (Fsp3) is 0.471. The molecule has 22 heavy (non-hydrogen) atoms. The highest BCUT2D eigenvalue weighted by Crippen LogP contribution is 2.17. The van der Waals surface area contributed by atoms with Gasteiger partial charge in [-0.05, 0) is 18.4 Å². The molecule has 1 aromatic carbocycles. The van der Waals surface area contributed by atoms with E-state index in [0.29, 0.717) is 32.4 Å². The van der Waals surface area contributed by atoms with Crippen molar-refractivity contribution in [3.63, 3.8) is 0 Å². The number of Topliss-reactive ketones (excluding diaryl/α,β-unsaturated/α-hetero) is 1. The molecule has 1 saturated heterocycles. The number of carbonyl (C=O) groups excluding carboxylic acids is 3. The maximum Gasteiger partial charge on any atom is 0.316 e. The fourth-order valence-electron chi connectivity index (χ4n) is 2.67. The van der Waals surface area contributed by atoms with Gasteiger partial charge in [0.15, 0.2) is 0 Å². The first kappa shape index (κ1) is 16.2. The van der Waals surface area contributed by atoms with E-state index in [1.807, 2.05) is 30.3 Å². The monoisotopic (exact) mass is 303 g/mol. The van der Waals surface area contributed by atoms with E-state index in [1.54, 1.807) is 4.90 Å². The minimum absolute atomic E-state index is 0.0298. The van der Waals surface area contributed by atoms with Gasteiger partial charge in [0, 0.05) is 25.9 Å². The number of methoxy groups -OCH3 is 1. The molecule has 0 spiro atoms. The van der Waals surface area contributed by atoms with Crippen LogP contribution in [0.5, 0.6) is 0 Å². The van der Waals surface area contributed by atoms with Crippen molar-refractivity contribution in [2.24, 2.45) is 5.92 Å². The van der Waals surface area contributed by atoms with E-state index in [2.05, 4.69) is 4.74 Å². The summed E-state index contributed by atoms with van der Waals surface area (Å²) in [5.74, 6) is -1.33. The second kappa shape index (κ2) is 7.73. The first-order valence-corrected chi connectivity index (χ1v) is 7.54. The van der Waals surface area contributed by atoms with Crippen molar-refractivity contribution < 1.29 is 19.1 Å². The number of amides is 1. The van der Waals surface area contributed by atoms with Crippen molar-refractivity contribution in [1.29, 1.82) is 0 Å². The standard InChI is InChI=1S/C17H21NO4/c1-22-17(21)14-9-11-18(12-10-15(14)19)16(20)8-7-13-5-3-2-4-6-13/h2-6,14H,7-12H2,1H3. The molecule has 0 saturated carbocycles. The Bertz CT molecular complexity index is 541. The second-order valence-corrected chi connectivity index (χ2v) is 5.45. The number of hydrogen-bond donors (Lipinski definition) is 0. The van der Waals surface area contributed by atoms with Crippen molar-refractivity contribution in [1.82, 2.24) is 4.90 Å². The Labute approximate surface area is 130 Å². The van der Waals surface area contributed by atoms with E-state index in [9.17, 15) is 14.4 Å². The molecule has 118 valence electrons. The lowest BCUT2D eigenvalue weighted by atomic mass is 10.00. The zero-order valence-electron chi connectivity index (χ0n) is 12.8. The van der Waals surface area contributed by atoms with E-state index in [0.717, 1.165) is 5.56 Å². The zero-order valence-corrected chi connectivity index (χ0v) is 12.8. The van der Waals surface area contributed by atoms with Gasteiger partial charge < -0.3 is 9.64 Å². The number of benzene rings is 1. The van der Waals surface area contributed by atoms with Crippen molar-refractivity contribution in [2.75, 3.05) is 20.2 Å². The number of esters is 1. The zero-order chi connectivity index (χ0) is 15.9. The smallest absolute Gasteiger partial charge is 0.316 e. The first-order chi connectivity index (χ1) is 10.6. The summed E-state index contributed by atoms with van der Waals surface area (Å²) in [6.45, 7) is 0.819. The number of carbonyl (C=O) groups is 3. The van der Waals surface area contributed by atoms with E-state index >= 15 is 0 Å². The van der Waals surface area contributed by atoms with Crippen molar-refractivity contribution in [3.05, 3.63) is 35.9 Å². The summed E-state index contributed by atoms with van der Waals surface area (Å²) >= 11 is 0. The second-order valence-electron chi connectivity index (χ2n) is 5.45. The van der Waals surface area contributed by atoms with Crippen molar-refractivity contribution in [3.8, 4) is 0 Å². The highest BCUT2D eigenvalue weighted by molar-refractivity contribution is 5.99. The quantitative estimate of drug-likeness (QED) is 0.626. The number of likely N-dealkylation sites (tertiary alicyclic amines) is 1. The molecular formula is C17H21NO4. The fourth-order valence-corrected chi connectivity index (χ4v) is 2.67. The summed E-state index contributed by atoms with van der Waals surface area (Å²) in [6, 6.07) is 9.83. The third-order valence-electron chi connectivity index (χ3n) is 4.01. The molecule has 0 radical (unpaired) electrons. The van der Waals surface area contributed by atoms with Gasteiger partial charge in [0.25, 0.3) is 0 Å². The van der Waals surface area contributed by atoms with Gasteiger partial charge in [0.05, 0.1) is 7.11 Å². The molecule has 0 bridgehead atoms. The van der Waals surface area contributed by atoms with Gasteiger partial charge in [0.2, 0.25) is 5.91 Å². The Hall–Kier alpha value is -2.17. The van der Waals surface area contributed by atoms with E-state index in [1.165, 1.54) is 7.11 Å². The van der Waals surface area contributed by atoms with Crippen LogP contribution in [-0.2, 0) is 25.5 Å². The number of ketones is 1. The van der Waals surface area contributed by atoms with Crippen LogP contribution in [0.25, 0.3) is 0 Å². The minimum atomic E-state index is -0.725. The van der Waals surface area contributed by atoms with Crippen LogP contribution in [0.15, 0.2) is 30.3 Å². The number of hydrogen-bond acceptors (Lipinski definition) is 4. The molecule has 5 nitrogen and oxygen atoms in total. The van der Waals surface area contributed by atoms with Crippen LogP contribution in [0.3, 0.4) is 0 Å². The number of rotatable bonds is 4. The third kappa shape index (κ3) is 4.16. The molecule has 1 amide bonds. The summed E-state index contributed by atoms with van der Waals surface area (Å²) in [7, 11) is 1.28. The molecule has 0 N–H and O–H groups in total. The van der Waals surface area contributed by atoms with E-state index < -0.39 is 11.9 Å². The summed E-state index contributed by atoms with van der Waals surface area (Å²) in [4.78, 5) is 37.5. The largest absolute Gasteiger partial charge is 0.468 e. The number of aryl methyl sites for hydroxylation is 1. The van der Waals surface area contributed by atoms with Crippen LogP contribution in [0.4, 0.5) is 0 Å². The third-order valence-corrected chi connectivity index (χ3v) is 4.01. The molecule has 1 aliphatic rings. The van der Waals surface area contributed by atoms with Crippen LogP contribution in [0, 0.1) is 5.92 Å².